The standard InChI is InChI=1S/C12H13IN4O/c1-7-11-9(13)5-14-17(11)6-10(15-7)16(2)12(18)8-3-4-8/h5-6,8H,3-4H2,1-2H3. The van der Waals surface area contributed by atoms with Gasteiger partial charge in [0.1, 0.15) is 5.52 Å². The molecule has 1 amide bonds. The lowest BCUT2D eigenvalue weighted by molar-refractivity contribution is -0.119. The van der Waals surface area contributed by atoms with E-state index in [-0.39, 0.29) is 11.8 Å². The SMILES string of the molecule is Cc1nc(N(C)C(=O)C2CC2)cn2ncc(I)c12. The van der Waals surface area contributed by atoms with Gasteiger partial charge in [-0.15, -0.1) is 0 Å². The molecule has 2 aromatic heterocycles. The van der Waals surface area contributed by atoms with Gasteiger partial charge in [-0.25, -0.2) is 9.50 Å². The Balaban J connectivity index is 2.04. The minimum atomic E-state index is 0.156. The summed E-state index contributed by atoms with van der Waals surface area (Å²) in [7, 11) is 1.78. The Kier molecular flexibility index (Phi) is 2.76. The Hall–Kier alpha value is -1.18. The molecular weight excluding hydrogens is 343 g/mol. The number of hydrogen-bond donors (Lipinski definition) is 0. The van der Waals surface area contributed by atoms with Crippen LogP contribution in [0.1, 0.15) is 18.5 Å². The van der Waals surface area contributed by atoms with E-state index in [9.17, 15) is 4.79 Å². The van der Waals surface area contributed by atoms with E-state index < -0.39 is 0 Å². The topological polar surface area (TPSA) is 50.5 Å². The zero-order valence-electron chi connectivity index (χ0n) is 10.2. The first-order valence-corrected chi connectivity index (χ1v) is 6.94. The normalized spacial score (nSPS) is 15.1. The molecule has 0 unspecified atom stereocenters. The van der Waals surface area contributed by atoms with E-state index in [0.29, 0.717) is 5.82 Å². The van der Waals surface area contributed by atoms with Gasteiger partial charge < -0.3 is 0 Å². The summed E-state index contributed by atoms with van der Waals surface area (Å²) in [5, 5.41) is 4.27. The van der Waals surface area contributed by atoms with Gasteiger partial charge in [0, 0.05) is 13.0 Å². The summed E-state index contributed by atoms with van der Waals surface area (Å²) >= 11 is 2.24. The van der Waals surface area contributed by atoms with Gasteiger partial charge in [-0.2, -0.15) is 5.10 Å². The number of nitrogens with zero attached hydrogens (tertiary/aromatic N) is 4. The number of anilines is 1. The van der Waals surface area contributed by atoms with Crippen molar-refractivity contribution in [2.45, 2.75) is 19.8 Å². The molecule has 0 spiro atoms. The molecule has 0 aliphatic heterocycles. The monoisotopic (exact) mass is 356 g/mol. The maximum absolute atomic E-state index is 12.0. The molecule has 5 nitrogen and oxygen atoms in total. The van der Waals surface area contributed by atoms with Crippen LogP contribution in [0.2, 0.25) is 0 Å². The Morgan fingerprint density at radius 2 is 2.28 bits per heavy atom. The van der Waals surface area contributed by atoms with Crippen molar-refractivity contribution in [1.29, 1.82) is 0 Å². The summed E-state index contributed by atoms with van der Waals surface area (Å²) in [6, 6.07) is 0. The largest absolute Gasteiger partial charge is 0.298 e. The molecule has 1 saturated carbocycles. The summed E-state index contributed by atoms with van der Waals surface area (Å²) in [4.78, 5) is 18.2. The quantitative estimate of drug-likeness (QED) is 0.774. The summed E-state index contributed by atoms with van der Waals surface area (Å²) in [5.41, 5.74) is 1.90. The number of aryl methyl sites for hydroxylation is 1. The zero-order chi connectivity index (χ0) is 12.9. The molecule has 2 heterocycles. The van der Waals surface area contributed by atoms with E-state index in [1.165, 1.54) is 0 Å². The predicted molar refractivity (Wildman–Crippen MR) is 76.6 cm³/mol. The second-order valence-corrected chi connectivity index (χ2v) is 5.80. The average molecular weight is 356 g/mol. The highest BCUT2D eigenvalue weighted by Crippen LogP contribution is 2.32. The van der Waals surface area contributed by atoms with Crippen molar-refractivity contribution in [3.63, 3.8) is 0 Å². The number of aromatic nitrogens is 3. The first-order chi connectivity index (χ1) is 8.58. The molecule has 94 valence electrons. The van der Waals surface area contributed by atoms with Crippen LogP contribution in [0, 0.1) is 16.4 Å². The van der Waals surface area contributed by atoms with Gasteiger partial charge >= 0.3 is 0 Å². The van der Waals surface area contributed by atoms with Gasteiger partial charge in [0.25, 0.3) is 0 Å². The van der Waals surface area contributed by atoms with E-state index >= 15 is 0 Å². The molecule has 0 saturated heterocycles. The number of halogens is 1. The van der Waals surface area contributed by atoms with Crippen molar-refractivity contribution >= 4 is 39.8 Å². The predicted octanol–water partition coefficient (Wildman–Crippen LogP) is 2.02. The summed E-state index contributed by atoms with van der Waals surface area (Å²) in [5.74, 6) is 1.02. The van der Waals surface area contributed by atoms with E-state index in [4.69, 9.17) is 0 Å². The molecule has 0 radical (unpaired) electrons. The number of carbonyl (C=O) groups is 1. The highest BCUT2D eigenvalue weighted by molar-refractivity contribution is 14.1. The van der Waals surface area contributed by atoms with Crippen LogP contribution in [0.5, 0.6) is 0 Å². The Morgan fingerprint density at radius 1 is 1.56 bits per heavy atom. The van der Waals surface area contributed by atoms with Crippen molar-refractivity contribution < 1.29 is 4.79 Å². The first kappa shape index (κ1) is 11.9. The lowest BCUT2D eigenvalue weighted by atomic mass is 10.3. The minimum Gasteiger partial charge on any atom is -0.298 e. The van der Waals surface area contributed by atoms with Gasteiger partial charge in [0.2, 0.25) is 5.91 Å². The fourth-order valence-electron chi connectivity index (χ4n) is 2.02. The van der Waals surface area contributed by atoms with Crippen LogP contribution in [-0.2, 0) is 4.79 Å². The molecule has 0 atom stereocenters. The Bertz CT molecular complexity index is 632. The maximum Gasteiger partial charge on any atom is 0.231 e. The van der Waals surface area contributed by atoms with Crippen molar-refractivity contribution in [3.8, 4) is 0 Å². The lowest BCUT2D eigenvalue weighted by Gasteiger charge is -2.16. The number of fused-ring (bicyclic) bond motifs is 1. The van der Waals surface area contributed by atoms with Crippen molar-refractivity contribution in [1.82, 2.24) is 14.6 Å². The van der Waals surface area contributed by atoms with Gasteiger partial charge in [-0.1, -0.05) is 0 Å². The van der Waals surface area contributed by atoms with E-state index in [1.54, 1.807) is 22.7 Å². The molecule has 0 aromatic carbocycles. The third-order valence-corrected chi connectivity index (χ3v) is 4.00. The number of carbonyl (C=O) groups excluding carboxylic acids is 1. The summed E-state index contributed by atoms with van der Waals surface area (Å²) in [6.45, 7) is 1.94. The molecular formula is C12H13IN4O. The van der Waals surface area contributed by atoms with Gasteiger partial charge in [-0.05, 0) is 42.4 Å². The highest BCUT2D eigenvalue weighted by atomic mass is 127. The number of hydrogen-bond acceptors (Lipinski definition) is 3. The molecule has 1 fully saturated rings. The fourth-order valence-corrected chi connectivity index (χ4v) is 2.78. The third kappa shape index (κ3) is 1.88. The van der Waals surface area contributed by atoms with Crippen LogP contribution in [0.3, 0.4) is 0 Å². The van der Waals surface area contributed by atoms with Crippen LogP contribution in [-0.4, -0.2) is 27.6 Å². The Morgan fingerprint density at radius 3 is 2.94 bits per heavy atom. The van der Waals surface area contributed by atoms with Crippen molar-refractivity contribution in [2.24, 2.45) is 5.92 Å². The first-order valence-electron chi connectivity index (χ1n) is 5.86. The van der Waals surface area contributed by atoms with Crippen LogP contribution in [0.4, 0.5) is 5.82 Å². The maximum atomic E-state index is 12.0. The third-order valence-electron chi connectivity index (χ3n) is 3.21. The molecule has 18 heavy (non-hydrogen) atoms. The number of rotatable bonds is 2. The van der Waals surface area contributed by atoms with E-state index in [0.717, 1.165) is 27.6 Å². The van der Waals surface area contributed by atoms with Gasteiger partial charge in [0.05, 0.1) is 21.7 Å². The van der Waals surface area contributed by atoms with E-state index in [2.05, 4.69) is 32.7 Å². The summed E-state index contributed by atoms with van der Waals surface area (Å²) in [6.07, 6.45) is 5.62. The average Bonchev–Trinajstić information content (AvgIpc) is 3.12. The van der Waals surface area contributed by atoms with Gasteiger partial charge in [-0.3, -0.25) is 9.69 Å². The van der Waals surface area contributed by atoms with Crippen molar-refractivity contribution in [3.05, 3.63) is 21.7 Å². The summed E-state index contributed by atoms with van der Waals surface area (Å²) < 4.78 is 2.86. The van der Waals surface area contributed by atoms with Crippen LogP contribution in [0.15, 0.2) is 12.4 Å². The fraction of sp³-hybridized carbons (Fsp3) is 0.417. The molecule has 1 aliphatic rings. The lowest BCUT2D eigenvalue weighted by Crippen LogP contribution is -2.29. The molecule has 0 bridgehead atoms. The molecule has 2 aromatic rings. The molecule has 6 heteroatoms. The number of amides is 1. The zero-order valence-corrected chi connectivity index (χ0v) is 12.4. The molecule has 1 aliphatic carbocycles. The van der Waals surface area contributed by atoms with E-state index in [1.807, 2.05) is 13.1 Å². The highest BCUT2D eigenvalue weighted by Gasteiger charge is 2.33. The van der Waals surface area contributed by atoms with Crippen LogP contribution in [0.25, 0.3) is 5.52 Å². The van der Waals surface area contributed by atoms with Crippen LogP contribution < -0.4 is 4.90 Å². The Labute approximate surface area is 118 Å². The minimum absolute atomic E-state index is 0.156. The van der Waals surface area contributed by atoms with Crippen molar-refractivity contribution in [2.75, 3.05) is 11.9 Å². The van der Waals surface area contributed by atoms with Crippen LogP contribution >= 0.6 is 22.6 Å². The molecule has 0 N–H and O–H groups in total. The molecule has 3 rings (SSSR count). The van der Waals surface area contributed by atoms with Gasteiger partial charge in [0.15, 0.2) is 5.82 Å². The second kappa shape index (κ2) is 4.18. The smallest absolute Gasteiger partial charge is 0.231 e. The second-order valence-electron chi connectivity index (χ2n) is 4.64.